The van der Waals surface area contributed by atoms with Gasteiger partial charge in [-0.25, -0.2) is 4.79 Å². The van der Waals surface area contributed by atoms with E-state index in [1.54, 1.807) is 30.5 Å². The van der Waals surface area contributed by atoms with Crippen molar-refractivity contribution >= 4 is 17.7 Å². The molecule has 0 unspecified atom stereocenters. The molecule has 1 aromatic heterocycles. The summed E-state index contributed by atoms with van der Waals surface area (Å²) in [6.07, 6.45) is 2.35. The number of pyridine rings is 1. The van der Waals surface area contributed by atoms with E-state index >= 15 is 0 Å². The van der Waals surface area contributed by atoms with Crippen LogP contribution in [0.1, 0.15) is 17.7 Å². The van der Waals surface area contributed by atoms with Crippen LogP contribution in [0.15, 0.2) is 48.2 Å². The summed E-state index contributed by atoms with van der Waals surface area (Å²) in [5.74, 6) is -0.986. The van der Waals surface area contributed by atoms with Crippen molar-refractivity contribution in [3.8, 4) is 11.8 Å². The van der Waals surface area contributed by atoms with Gasteiger partial charge in [0.1, 0.15) is 12.4 Å². The lowest BCUT2D eigenvalue weighted by Crippen LogP contribution is -2.01. The fraction of sp³-hybridized carbons (Fsp3) is 0.118. The minimum absolute atomic E-state index is 0.0520. The molecule has 0 aliphatic rings. The molecule has 0 saturated heterocycles. The topological polar surface area (TPSA) is 126 Å². The predicted molar refractivity (Wildman–Crippen MR) is 87.5 cm³/mol. The van der Waals surface area contributed by atoms with Gasteiger partial charge in [-0.3, -0.25) is 15.1 Å². The third kappa shape index (κ3) is 4.87. The maximum Gasteiger partial charge on any atom is 0.332 e. The minimum Gasteiger partial charge on any atom is -0.487 e. The number of carboxylic acids is 1. The van der Waals surface area contributed by atoms with Crippen LogP contribution in [0.25, 0.3) is 6.08 Å². The Morgan fingerprint density at radius 2 is 2.20 bits per heavy atom. The van der Waals surface area contributed by atoms with E-state index in [1.807, 2.05) is 0 Å². The SMILES string of the molecule is N#CCC(=Cc1cc(OCc2ccccn2)ccc1[N+](=O)[O-])C(=O)O. The number of nitro benzene ring substituents is 1. The zero-order valence-electron chi connectivity index (χ0n) is 13.0. The summed E-state index contributed by atoms with van der Waals surface area (Å²) in [6, 6.07) is 11.1. The van der Waals surface area contributed by atoms with Gasteiger partial charge >= 0.3 is 5.97 Å². The van der Waals surface area contributed by atoms with Crippen molar-refractivity contribution in [1.29, 1.82) is 5.26 Å². The number of carboxylic acid groups (broad SMARTS) is 1. The molecule has 0 spiro atoms. The minimum atomic E-state index is -1.31. The van der Waals surface area contributed by atoms with Crippen molar-refractivity contribution in [3.05, 3.63) is 69.5 Å². The number of carbonyl (C=O) groups is 1. The van der Waals surface area contributed by atoms with E-state index in [0.717, 1.165) is 6.08 Å². The normalized spacial score (nSPS) is 10.8. The lowest BCUT2D eigenvalue weighted by atomic mass is 10.1. The quantitative estimate of drug-likeness (QED) is 0.467. The number of rotatable bonds is 7. The molecule has 2 aromatic rings. The molecule has 0 aliphatic heterocycles. The van der Waals surface area contributed by atoms with E-state index in [1.165, 1.54) is 18.2 Å². The highest BCUT2D eigenvalue weighted by Crippen LogP contribution is 2.27. The van der Waals surface area contributed by atoms with Gasteiger partial charge in [-0.2, -0.15) is 5.26 Å². The van der Waals surface area contributed by atoms with Crippen LogP contribution in [0.3, 0.4) is 0 Å². The number of nitrogens with zero attached hydrogens (tertiary/aromatic N) is 3. The van der Waals surface area contributed by atoms with Crippen molar-refractivity contribution in [2.24, 2.45) is 0 Å². The van der Waals surface area contributed by atoms with Crippen LogP contribution in [0.2, 0.25) is 0 Å². The summed E-state index contributed by atoms with van der Waals surface area (Å²) < 4.78 is 5.54. The number of benzene rings is 1. The molecule has 1 heterocycles. The molecule has 25 heavy (non-hydrogen) atoms. The molecule has 0 atom stereocenters. The molecule has 0 saturated carbocycles. The van der Waals surface area contributed by atoms with E-state index in [2.05, 4.69) is 4.98 Å². The van der Waals surface area contributed by atoms with Crippen LogP contribution in [-0.2, 0) is 11.4 Å². The number of aliphatic carboxylic acids is 1. The molecule has 0 bridgehead atoms. The first-order valence-electron chi connectivity index (χ1n) is 7.13. The van der Waals surface area contributed by atoms with Gasteiger partial charge in [0.05, 0.1) is 34.2 Å². The molecule has 1 aromatic carbocycles. The number of aromatic nitrogens is 1. The summed E-state index contributed by atoms with van der Waals surface area (Å²) in [5.41, 5.74) is 0.208. The molecular weight excluding hydrogens is 326 g/mol. The average Bonchev–Trinajstić information content (AvgIpc) is 2.60. The fourth-order valence-corrected chi connectivity index (χ4v) is 2.01. The van der Waals surface area contributed by atoms with E-state index in [4.69, 9.17) is 15.1 Å². The van der Waals surface area contributed by atoms with Crippen LogP contribution in [0, 0.1) is 21.4 Å². The van der Waals surface area contributed by atoms with E-state index in [0.29, 0.717) is 11.4 Å². The van der Waals surface area contributed by atoms with Gasteiger partial charge in [0, 0.05) is 12.3 Å². The van der Waals surface area contributed by atoms with Crippen LogP contribution < -0.4 is 4.74 Å². The van der Waals surface area contributed by atoms with Crippen LogP contribution in [-0.4, -0.2) is 21.0 Å². The monoisotopic (exact) mass is 339 g/mol. The van der Waals surface area contributed by atoms with Crippen molar-refractivity contribution in [3.63, 3.8) is 0 Å². The van der Waals surface area contributed by atoms with Crippen LogP contribution >= 0.6 is 0 Å². The highest BCUT2D eigenvalue weighted by molar-refractivity contribution is 5.93. The van der Waals surface area contributed by atoms with Crippen molar-refractivity contribution in [2.45, 2.75) is 13.0 Å². The number of hydrogen-bond donors (Lipinski definition) is 1. The van der Waals surface area contributed by atoms with Gasteiger partial charge in [0.2, 0.25) is 0 Å². The van der Waals surface area contributed by atoms with Crippen molar-refractivity contribution < 1.29 is 19.6 Å². The highest BCUT2D eigenvalue weighted by Gasteiger charge is 2.16. The Labute approximate surface area is 142 Å². The largest absolute Gasteiger partial charge is 0.487 e. The molecule has 0 radical (unpaired) electrons. The summed E-state index contributed by atoms with van der Waals surface area (Å²) in [6.45, 7) is 0.159. The Morgan fingerprint density at radius 1 is 1.40 bits per heavy atom. The first-order chi connectivity index (χ1) is 12.0. The van der Waals surface area contributed by atoms with Gasteiger partial charge < -0.3 is 9.84 Å². The Bertz CT molecular complexity index is 856. The van der Waals surface area contributed by atoms with E-state index < -0.39 is 10.9 Å². The van der Waals surface area contributed by atoms with Crippen molar-refractivity contribution in [2.75, 3.05) is 0 Å². The van der Waals surface area contributed by atoms with Crippen molar-refractivity contribution in [1.82, 2.24) is 4.98 Å². The van der Waals surface area contributed by atoms with Gasteiger partial charge in [0.15, 0.2) is 0 Å². The zero-order chi connectivity index (χ0) is 18.2. The number of nitro groups is 1. The van der Waals surface area contributed by atoms with Gasteiger partial charge in [-0.05, 0) is 30.3 Å². The number of nitriles is 1. The summed E-state index contributed by atoms with van der Waals surface area (Å²) in [4.78, 5) is 25.8. The van der Waals surface area contributed by atoms with Gasteiger partial charge in [0.25, 0.3) is 5.69 Å². The Kier molecular flexibility index (Phi) is 5.79. The molecule has 8 nitrogen and oxygen atoms in total. The smallest absolute Gasteiger partial charge is 0.332 e. The maximum atomic E-state index is 11.1. The number of ether oxygens (including phenoxy) is 1. The van der Waals surface area contributed by atoms with Crippen LogP contribution in [0.4, 0.5) is 5.69 Å². The third-order valence-corrected chi connectivity index (χ3v) is 3.18. The predicted octanol–water partition coefficient (Wildman–Crippen LogP) is 2.95. The van der Waals surface area contributed by atoms with Gasteiger partial charge in [-0.15, -0.1) is 0 Å². The molecule has 1 N–H and O–H groups in total. The highest BCUT2D eigenvalue weighted by atomic mass is 16.6. The molecule has 0 amide bonds. The maximum absolute atomic E-state index is 11.1. The summed E-state index contributed by atoms with van der Waals surface area (Å²) >= 11 is 0. The second-order valence-corrected chi connectivity index (χ2v) is 4.90. The lowest BCUT2D eigenvalue weighted by molar-refractivity contribution is -0.385. The first-order valence-corrected chi connectivity index (χ1v) is 7.13. The molecule has 2 rings (SSSR count). The lowest BCUT2D eigenvalue weighted by Gasteiger charge is -2.07. The van der Waals surface area contributed by atoms with Crippen LogP contribution in [0.5, 0.6) is 5.75 Å². The molecular formula is C17H13N3O5. The summed E-state index contributed by atoms with van der Waals surface area (Å²) in [7, 11) is 0. The average molecular weight is 339 g/mol. The molecule has 8 heteroatoms. The van der Waals surface area contributed by atoms with E-state index in [-0.39, 0.29) is 29.9 Å². The molecule has 0 aliphatic carbocycles. The van der Waals surface area contributed by atoms with Gasteiger partial charge in [-0.1, -0.05) is 6.07 Å². The zero-order valence-corrected chi connectivity index (χ0v) is 13.0. The summed E-state index contributed by atoms with van der Waals surface area (Å²) in [5, 5.41) is 28.9. The first kappa shape index (κ1) is 17.6. The standard InChI is InChI=1S/C17H13N3O5/c18-7-6-12(17(21)22)9-13-10-15(4-5-16(13)20(23)24)25-11-14-3-1-2-8-19-14/h1-5,8-10H,6,11H2,(H,21,22). The molecule has 126 valence electrons. The second kappa shape index (κ2) is 8.21. The Hall–Kier alpha value is -3.73. The Morgan fingerprint density at radius 3 is 2.80 bits per heavy atom. The van der Waals surface area contributed by atoms with E-state index in [9.17, 15) is 14.9 Å². The molecule has 0 fully saturated rings. The Balaban J connectivity index is 2.33. The number of hydrogen-bond acceptors (Lipinski definition) is 6. The second-order valence-electron chi connectivity index (χ2n) is 4.90. The fourth-order valence-electron chi connectivity index (χ4n) is 2.01. The third-order valence-electron chi connectivity index (χ3n) is 3.18.